The molecule has 2 aromatic heterocycles. The summed E-state index contributed by atoms with van der Waals surface area (Å²) in [5, 5.41) is 3.75. The third-order valence-corrected chi connectivity index (χ3v) is 5.02. The number of ether oxygens (including phenoxy) is 1. The normalized spacial score (nSPS) is 10.9. The van der Waals surface area contributed by atoms with Crippen LogP contribution in [-0.4, -0.2) is 9.97 Å². The van der Waals surface area contributed by atoms with E-state index in [9.17, 15) is 0 Å². The molecule has 0 bridgehead atoms. The fraction of sp³-hybridized carbons (Fsp3) is 0. The molecule has 2 aromatic carbocycles. The highest BCUT2D eigenvalue weighted by Crippen LogP contribution is 2.33. The average Bonchev–Trinajstić information content (AvgIpc) is 3.13. The lowest BCUT2D eigenvalue weighted by Crippen LogP contribution is -1.95. The highest BCUT2D eigenvalue weighted by atomic mass is 35.5. The Morgan fingerprint density at radius 1 is 0.875 bits per heavy atom. The number of hydrogen-bond acceptors (Lipinski definition) is 4. The lowest BCUT2D eigenvalue weighted by atomic mass is 10.2. The highest BCUT2D eigenvalue weighted by molar-refractivity contribution is 7.13. The minimum atomic E-state index is 0.436. The van der Waals surface area contributed by atoms with Gasteiger partial charge in [0, 0.05) is 6.07 Å². The van der Waals surface area contributed by atoms with Crippen molar-refractivity contribution in [3.8, 4) is 22.3 Å². The molecular formula is C18H10Cl2N2OS. The number of hydrogen-bond donors (Lipinski definition) is 0. The zero-order chi connectivity index (χ0) is 16.5. The van der Waals surface area contributed by atoms with Gasteiger partial charge >= 0.3 is 0 Å². The molecule has 2 heterocycles. The van der Waals surface area contributed by atoms with Crippen molar-refractivity contribution >= 4 is 45.4 Å². The van der Waals surface area contributed by atoms with Crippen molar-refractivity contribution in [2.24, 2.45) is 0 Å². The maximum absolute atomic E-state index is 6.07. The summed E-state index contributed by atoms with van der Waals surface area (Å²) in [6.07, 6.45) is 0. The van der Waals surface area contributed by atoms with Crippen molar-refractivity contribution in [3.05, 3.63) is 70.0 Å². The Labute approximate surface area is 152 Å². The standard InChI is InChI=1S/C18H10Cl2N2OS/c19-13-8-7-11(10-14(13)20)23-18-12-4-1-2-5-15(12)21-17(22-18)16-6-3-9-24-16/h1-10H. The third kappa shape index (κ3) is 2.96. The quantitative estimate of drug-likeness (QED) is 0.414. The Kier molecular flexibility index (Phi) is 4.10. The fourth-order valence-electron chi connectivity index (χ4n) is 2.29. The van der Waals surface area contributed by atoms with Crippen LogP contribution in [-0.2, 0) is 0 Å². The molecular weight excluding hydrogens is 363 g/mol. The lowest BCUT2D eigenvalue weighted by molar-refractivity contribution is 0.469. The predicted octanol–water partition coefficient (Wildman–Crippen LogP) is 6.46. The van der Waals surface area contributed by atoms with Gasteiger partial charge in [0.1, 0.15) is 5.75 Å². The first-order valence-corrected chi connectivity index (χ1v) is 8.78. The van der Waals surface area contributed by atoms with Crippen molar-refractivity contribution in [1.29, 1.82) is 0 Å². The maximum atomic E-state index is 6.07. The number of fused-ring (bicyclic) bond motifs is 1. The summed E-state index contributed by atoms with van der Waals surface area (Å²) in [4.78, 5) is 10.2. The second-order valence-electron chi connectivity index (χ2n) is 5.02. The lowest BCUT2D eigenvalue weighted by Gasteiger charge is -2.10. The van der Waals surface area contributed by atoms with E-state index >= 15 is 0 Å². The molecule has 0 saturated carbocycles. The van der Waals surface area contributed by atoms with E-state index < -0.39 is 0 Å². The first-order valence-electron chi connectivity index (χ1n) is 7.14. The van der Waals surface area contributed by atoms with Crippen molar-refractivity contribution in [2.75, 3.05) is 0 Å². The topological polar surface area (TPSA) is 35.0 Å². The molecule has 0 radical (unpaired) electrons. The van der Waals surface area contributed by atoms with Crippen molar-refractivity contribution in [1.82, 2.24) is 9.97 Å². The Morgan fingerprint density at radius 3 is 2.54 bits per heavy atom. The molecule has 0 unspecified atom stereocenters. The van der Waals surface area contributed by atoms with Crippen molar-refractivity contribution < 1.29 is 4.74 Å². The first kappa shape index (κ1) is 15.4. The van der Waals surface area contributed by atoms with E-state index in [0.29, 0.717) is 27.5 Å². The van der Waals surface area contributed by atoms with Gasteiger partial charge in [-0.1, -0.05) is 41.4 Å². The molecule has 4 aromatic rings. The maximum Gasteiger partial charge on any atom is 0.230 e. The molecule has 4 rings (SSSR count). The van der Waals surface area contributed by atoms with E-state index in [1.165, 1.54) is 0 Å². The van der Waals surface area contributed by atoms with Crippen LogP contribution >= 0.6 is 34.5 Å². The molecule has 6 heteroatoms. The summed E-state index contributed by atoms with van der Waals surface area (Å²) in [7, 11) is 0. The van der Waals surface area contributed by atoms with E-state index in [0.717, 1.165) is 15.8 Å². The van der Waals surface area contributed by atoms with Gasteiger partial charge in [0.2, 0.25) is 5.88 Å². The number of rotatable bonds is 3. The van der Waals surface area contributed by atoms with Gasteiger partial charge in [-0.05, 0) is 35.7 Å². The van der Waals surface area contributed by atoms with Crippen LogP contribution in [0.3, 0.4) is 0 Å². The molecule has 0 aliphatic carbocycles. The number of benzene rings is 2. The van der Waals surface area contributed by atoms with Gasteiger partial charge in [-0.2, -0.15) is 4.98 Å². The van der Waals surface area contributed by atoms with E-state index in [1.54, 1.807) is 29.5 Å². The summed E-state index contributed by atoms with van der Waals surface area (Å²) in [5.74, 6) is 1.70. The monoisotopic (exact) mass is 372 g/mol. The zero-order valence-electron chi connectivity index (χ0n) is 12.2. The van der Waals surface area contributed by atoms with Gasteiger partial charge in [-0.3, -0.25) is 0 Å². The minimum Gasteiger partial charge on any atom is -0.438 e. The van der Waals surface area contributed by atoms with Crippen LogP contribution in [0.1, 0.15) is 0 Å². The summed E-state index contributed by atoms with van der Waals surface area (Å²) in [5.41, 5.74) is 0.825. The third-order valence-electron chi connectivity index (χ3n) is 3.42. The van der Waals surface area contributed by atoms with E-state index in [4.69, 9.17) is 27.9 Å². The number of aromatic nitrogens is 2. The van der Waals surface area contributed by atoms with Gasteiger partial charge in [-0.15, -0.1) is 11.3 Å². The molecule has 0 amide bonds. The zero-order valence-corrected chi connectivity index (χ0v) is 14.6. The summed E-state index contributed by atoms with van der Waals surface area (Å²) < 4.78 is 5.98. The molecule has 0 aliphatic heterocycles. The van der Waals surface area contributed by atoms with Crippen molar-refractivity contribution in [3.63, 3.8) is 0 Å². The molecule has 0 N–H and O–H groups in total. The van der Waals surface area contributed by atoms with Gasteiger partial charge in [0.05, 0.1) is 25.8 Å². The van der Waals surface area contributed by atoms with Crippen LogP contribution in [0.2, 0.25) is 10.0 Å². The molecule has 24 heavy (non-hydrogen) atoms. The van der Waals surface area contributed by atoms with Crippen molar-refractivity contribution in [2.45, 2.75) is 0 Å². The summed E-state index contributed by atoms with van der Waals surface area (Å²) in [6, 6.07) is 16.8. The smallest absolute Gasteiger partial charge is 0.230 e. The number of thiophene rings is 1. The minimum absolute atomic E-state index is 0.436. The molecule has 118 valence electrons. The predicted molar refractivity (Wildman–Crippen MR) is 99.4 cm³/mol. The number of halogens is 2. The molecule has 0 fully saturated rings. The SMILES string of the molecule is Clc1ccc(Oc2nc(-c3cccs3)nc3ccccc23)cc1Cl. The Morgan fingerprint density at radius 2 is 1.75 bits per heavy atom. The number of para-hydroxylation sites is 1. The Bertz CT molecular complexity index is 1020. The molecule has 0 atom stereocenters. The van der Waals surface area contributed by atoms with Crippen LogP contribution in [0.15, 0.2) is 60.0 Å². The van der Waals surface area contributed by atoms with Gasteiger partial charge < -0.3 is 4.74 Å². The van der Waals surface area contributed by atoms with Crippen LogP contribution in [0, 0.1) is 0 Å². The first-order chi connectivity index (χ1) is 11.7. The average molecular weight is 373 g/mol. The molecule has 3 nitrogen and oxygen atoms in total. The fourth-order valence-corrected chi connectivity index (χ4v) is 3.24. The largest absolute Gasteiger partial charge is 0.438 e. The van der Waals surface area contributed by atoms with E-state index in [-0.39, 0.29) is 0 Å². The van der Waals surface area contributed by atoms with Crippen LogP contribution in [0.25, 0.3) is 21.6 Å². The molecule has 0 spiro atoms. The summed E-state index contributed by atoms with van der Waals surface area (Å²) >= 11 is 13.6. The van der Waals surface area contributed by atoms with Crippen LogP contribution in [0.5, 0.6) is 11.6 Å². The molecule has 0 saturated heterocycles. The second-order valence-corrected chi connectivity index (χ2v) is 6.79. The second kappa shape index (κ2) is 6.40. The van der Waals surface area contributed by atoms with E-state index in [2.05, 4.69) is 9.97 Å². The van der Waals surface area contributed by atoms with Crippen LogP contribution < -0.4 is 4.74 Å². The van der Waals surface area contributed by atoms with Crippen LogP contribution in [0.4, 0.5) is 0 Å². The highest BCUT2D eigenvalue weighted by Gasteiger charge is 2.12. The summed E-state index contributed by atoms with van der Waals surface area (Å²) in [6.45, 7) is 0. The van der Waals surface area contributed by atoms with Gasteiger partial charge in [-0.25, -0.2) is 4.98 Å². The Balaban J connectivity index is 1.85. The Hall–Kier alpha value is -2.14. The van der Waals surface area contributed by atoms with E-state index in [1.807, 2.05) is 41.8 Å². The van der Waals surface area contributed by atoms with Gasteiger partial charge in [0.15, 0.2) is 5.82 Å². The van der Waals surface area contributed by atoms with Gasteiger partial charge in [0.25, 0.3) is 0 Å². The number of nitrogens with zero attached hydrogens (tertiary/aromatic N) is 2. The molecule has 0 aliphatic rings.